The molecule has 3 rings (SSSR count). The molecule has 30 heavy (non-hydrogen) atoms. The van der Waals surface area contributed by atoms with Crippen molar-refractivity contribution in [3.05, 3.63) is 65.6 Å². The Morgan fingerprint density at radius 3 is 2.70 bits per heavy atom. The monoisotopic (exact) mass is 410 g/mol. The van der Waals surface area contributed by atoms with E-state index < -0.39 is 18.0 Å². The molecular formula is C23H26N2O5. The van der Waals surface area contributed by atoms with Crippen molar-refractivity contribution in [2.24, 2.45) is 0 Å². The minimum Gasteiger partial charge on any atom is -0.459 e. The van der Waals surface area contributed by atoms with E-state index in [1.165, 1.54) is 43.7 Å². The molecule has 1 heterocycles. The number of carbonyl (C=O) groups is 3. The van der Waals surface area contributed by atoms with Gasteiger partial charge in [-0.25, -0.2) is 4.79 Å². The van der Waals surface area contributed by atoms with E-state index in [2.05, 4.69) is 16.7 Å². The molecule has 7 nitrogen and oxygen atoms in total. The van der Waals surface area contributed by atoms with Crippen molar-refractivity contribution < 1.29 is 23.5 Å². The molecule has 0 spiro atoms. The molecule has 1 aromatic heterocycles. The summed E-state index contributed by atoms with van der Waals surface area (Å²) in [7, 11) is 0. The Morgan fingerprint density at radius 1 is 1.13 bits per heavy atom. The summed E-state index contributed by atoms with van der Waals surface area (Å²) in [5.41, 5.74) is 1.80. The van der Waals surface area contributed by atoms with E-state index in [0.29, 0.717) is 6.54 Å². The van der Waals surface area contributed by atoms with Crippen LogP contribution < -0.4 is 10.6 Å². The zero-order chi connectivity index (χ0) is 21.3. The fourth-order valence-electron chi connectivity index (χ4n) is 3.26. The second kappa shape index (κ2) is 10.4. The topological polar surface area (TPSA) is 97.6 Å². The van der Waals surface area contributed by atoms with E-state index in [1.54, 1.807) is 24.3 Å². The highest BCUT2D eigenvalue weighted by molar-refractivity contribution is 6.06. The third kappa shape index (κ3) is 5.83. The number of esters is 1. The lowest BCUT2D eigenvalue weighted by Crippen LogP contribution is -2.36. The van der Waals surface area contributed by atoms with Crippen molar-refractivity contribution >= 4 is 23.5 Å². The maximum absolute atomic E-state index is 12.6. The first-order valence-electron chi connectivity index (χ1n) is 10.1. The fourth-order valence-corrected chi connectivity index (χ4v) is 3.26. The number of anilines is 1. The molecule has 0 radical (unpaired) electrons. The molecule has 0 unspecified atom stereocenters. The molecule has 2 amide bonds. The molecule has 1 atom stereocenters. The number of rotatable bonds is 8. The summed E-state index contributed by atoms with van der Waals surface area (Å²) in [6.07, 6.45) is 8.11. The van der Waals surface area contributed by atoms with Gasteiger partial charge in [-0.3, -0.25) is 9.59 Å². The van der Waals surface area contributed by atoms with Gasteiger partial charge in [0.1, 0.15) is 0 Å². The first-order chi connectivity index (χ1) is 14.5. The smallest absolute Gasteiger partial charge is 0.341 e. The van der Waals surface area contributed by atoms with E-state index in [1.807, 2.05) is 0 Å². The molecule has 158 valence electrons. The number of para-hydroxylation sites is 1. The Morgan fingerprint density at radius 2 is 1.97 bits per heavy atom. The highest BCUT2D eigenvalue weighted by Gasteiger charge is 2.22. The number of furan rings is 1. The van der Waals surface area contributed by atoms with Crippen molar-refractivity contribution in [3.63, 3.8) is 0 Å². The number of benzene rings is 1. The van der Waals surface area contributed by atoms with Crippen molar-refractivity contribution in [2.45, 2.75) is 45.1 Å². The van der Waals surface area contributed by atoms with Gasteiger partial charge in [-0.2, -0.15) is 0 Å². The van der Waals surface area contributed by atoms with Gasteiger partial charge in [0.15, 0.2) is 11.9 Å². The van der Waals surface area contributed by atoms with Crippen LogP contribution in [0.1, 0.15) is 59.9 Å². The maximum Gasteiger partial charge on any atom is 0.341 e. The number of carbonyl (C=O) groups excluding carboxylic acids is 3. The molecule has 1 aliphatic rings. The molecule has 1 aliphatic carbocycles. The van der Waals surface area contributed by atoms with Gasteiger partial charge in [0, 0.05) is 6.54 Å². The summed E-state index contributed by atoms with van der Waals surface area (Å²) in [6, 6.07) is 9.57. The predicted octanol–water partition coefficient (Wildman–Crippen LogP) is 4.08. The van der Waals surface area contributed by atoms with Gasteiger partial charge in [0.2, 0.25) is 0 Å². The van der Waals surface area contributed by atoms with Crippen LogP contribution in [0.5, 0.6) is 0 Å². The van der Waals surface area contributed by atoms with Gasteiger partial charge in [-0.15, -0.1) is 0 Å². The average Bonchev–Trinajstić information content (AvgIpc) is 3.30. The Bertz CT molecular complexity index is 917. The number of hydrogen-bond donors (Lipinski definition) is 2. The molecule has 1 aromatic carbocycles. The number of amides is 2. The van der Waals surface area contributed by atoms with Crippen LogP contribution >= 0.6 is 0 Å². The summed E-state index contributed by atoms with van der Waals surface area (Å²) in [4.78, 5) is 37.1. The van der Waals surface area contributed by atoms with E-state index in [9.17, 15) is 14.4 Å². The standard InChI is InChI=1S/C23H26N2O5/c1-16(21(26)24-14-13-17-8-3-2-4-9-17)30-23(28)18-10-5-6-11-19(18)25-22(27)20-12-7-15-29-20/h5-8,10-12,15-16H,2-4,9,13-14H2,1H3,(H,24,26)(H,25,27)/t16-/m0/s1. The Kier molecular flexibility index (Phi) is 7.43. The zero-order valence-electron chi connectivity index (χ0n) is 17.0. The van der Waals surface area contributed by atoms with Gasteiger partial charge in [0.05, 0.1) is 17.5 Å². The molecule has 0 bridgehead atoms. The highest BCUT2D eigenvalue weighted by atomic mass is 16.5. The summed E-state index contributed by atoms with van der Waals surface area (Å²) >= 11 is 0. The average molecular weight is 410 g/mol. The van der Waals surface area contributed by atoms with Crippen molar-refractivity contribution in [2.75, 3.05) is 11.9 Å². The van der Waals surface area contributed by atoms with Gasteiger partial charge < -0.3 is 19.8 Å². The van der Waals surface area contributed by atoms with Crippen LogP contribution in [0, 0.1) is 0 Å². The minimum absolute atomic E-state index is 0.124. The van der Waals surface area contributed by atoms with Crippen LogP contribution in [0.4, 0.5) is 5.69 Å². The SMILES string of the molecule is C[C@H](OC(=O)c1ccccc1NC(=O)c1ccco1)C(=O)NCCC1=CCCCC1. The Labute approximate surface area is 175 Å². The van der Waals surface area contributed by atoms with Crippen LogP contribution in [-0.2, 0) is 9.53 Å². The van der Waals surface area contributed by atoms with Crippen LogP contribution in [-0.4, -0.2) is 30.4 Å². The second-order valence-corrected chi connectivity index (χ2v) is 7.17. The molecule has 2 aromatic rings. The third-order valence-electron chi connectivity index (χ3n) is 4.92. The lowest BCUT2D eigenvalue weighted by molar-refractivity contribution is -0.129. The second-order valence-electron chi connectivity index (χ2n) is 7.17. The number of nitrogens with one attached hydrogen (secondary N) is 2. The summed E-state index contributed by atoms with van der Waals surface area (Å²) in [5.74, 6) is -1.40. The summed E-state index contributed by atoms with van der Waals surface area (Å²) < 4.78 is 10.4. The summed E-state index contributed by atoms with van der Waals surface area (Å²) in [6.45, 7) is 2.04. The van der Waals surface area contributed by atoms with Crippen molar-refractivity contribution in [1.82, 2.24) is 5.32 Å². The van der Waals surface area contributed by atoms with Gasteiger partial charge in [-0.1, -0.05) is 23.8 Å². The third-order valence-corrected chi connectivity index (χ3v) is 4.92. The fraction of sp³-hybridized carbons (Fsp3) is 0.348. The van der Waals surface area contributed by atoms with E-state index in [-0.39, 0.29) is 22.9 Å². The van der Waals surface area contributed by atoms with Gasteiger partial charge >= 0.3 is 5.97 Å². The lowest BCUT2D eigenvalue weighted by atomic mass is 9.97. The molecule has 0 fully saturated rings. The van der Waals surface area contributed by atoms with Crippen LogP contribution in [0.25, 0.3) is 0 Å². The Balaban J connectivity index is 1.54. The Hall–Kier alpha value is -3.35. The van der Waals surface area contributed by atoms with Crippen LogP contribution in [0.15, 0.2) is 58.7 Å². The van der Waals surface area contributed by atoms with Crippen molar-refractivity contribution in [1.29, 1.82) is 0 Å². The van der Waals surface area contributed by atoms with Crippen molar-refractivity contribution in [3.8, 4) is 0 Å². The molecule has 0 aliphatic heterocycles. The lowest BCUT2D eigenvalue weighted by Gasteiger charge is -2.16. The largest absolute Gasteiger partial charge is 0.459 e. The summed E-state index contributed by atoms with van der Waals surface area (Å²) in [5, 5.41) is 5.44. The van der Waals surface area contributed by atoms with E-state index in [4.69, 9.17) is 9.15 Å². The zero-order valence-corrected chi connectivity index (χ0v) is 17.0. The molecule has 7 heteroatoms. The maximum atomic E-state index is 12.6. The van der Waals surface area contributed by atoms with Gasteiger partial charge in [-0.05, 0) is 63.3 Å². The number of hydrogen-bond acceptors (Lipinski definition) is 5. The van der Waals surface area contributed by atoms with E-state index >= 15 is 0 Å². The predicted molar refractivity (Wildman–Crippen MR) is 112 cm³/mol. The molecule has 0 saturated carbocycles. The quantitative estimate of drug-likeness (QED) is 0.505. The normalized spacial score (nSPS) is 14.4. The minimum atomic E-state index is -0.952. The number of allylic oxidation sites excluding steroid dienone is 1. The van der Waals surface area contributed by atoms with E-state index in [0.717, 1.165) is 19.3 Å². The first-order valence-corrected chi connectivity index (χ1v) is 10.1. The van der Waals surface area contributed by atoms with Crippen LogP contribution in [0.3, 0.4) is 0 Å². The highest BCUT2D eigenvalue weighted by Crippen LogP contribution is 2.20. The molecular weight excluding hydrogens is 384 g/mol. The number of ether oxygens (including phenoxy) is 1. The first kappa shape index (κ1) is 21.4. The van der Waals surface area contributed by atoms with Gasteiger partial charge in [0.25, 0.3) is 11.8 Å². The molecule has 0 saturated heterocycles. The van der Waals surface area contributed by atoms with Crippen LogP contribution in [0.2, 0.25) is 0 Å². The molecule has 2 N–H and O–H groups in total.